The minimum Gasteiger partial charge on any atom is -0.360 e. The third kappa shape index (κ3) is 4.86. The third-order valence-electron chi connectivity index (χ3n) is 3.07. The van der Waals surface area contributed by atoms with E-state index in [-0.39, 0.29) is 6.23 Å². The maximum atomic E-state index is 5.73. The molecular formula is C17H22N4O. The Labute approximate surface area is 131 Å². The van der Waals surface area contributed by atoms with Crippen LogP contribution in [0.4, 0.5) is 0 Å². The van der Waals surface area contributed by atoms with Gasteiger partial charge in [0.1, 0.15) is 5.70 Å². The Kier molecular flexibility index (Phi) is 6.39. The molecule has 1 unspecified atom stereocenters. The Bertz CT molecular complexity index is 551. The van der Waals surface area contributed by atoms with Crippen molar-refractivity contribution in [3.63, 3.8) is 0 Å². The van der Waals surface area contributed by atoms with E-state index in [2.05, 4.69) is 34.9 Å². The fourth-order valence-corrected chi connectivity index (χ4v) is 1.89. The summed E-state index contributed by atoms with van der Waals surface area (Å²) >= 11 is 0. The number of aliphatic imine (C=N–C) groups is 1. The zero-order chi connectivity index (χ0) is 15.6. The van der Waals surface area contributed by atoms with Crippen molar-refractivity contribution in [2.75, 3.05) is 13.2 Å². The number of hydrogen-bond acceptors (Lipinski definition) is 5. The molecule has 1 atom stereocenters. The molecule has 0 aliphatic carbocycles. The van der Waals surface area contributed by atoms with Gasteiger partial charge in [-0.15, -0.1) is 0 Å². The molecule has 0 bridgehead atoms. The van der Waals surface area contributed by atoms with Gasteiger partial charge in [-0.3, -0.25) is 9.98 Å². The van der Waals surface area contributed by atoms with Crippen LogP contribution in [-0.2, 0) is 4.74 Å². The highest BCUT2D eigenvalue weighted by molar-refractivity contribution is 5.77. The molecule has 5 heteroatoms. The maximum Gasteiger partial charge on any atom is 0.163 e. The lowest BCUT2D eigenvalue weighted by atomic mass is 10.3. The Morgan fingerprint density at radius 2 is 2.36 bits per heavy atom. The van der Waals surface area contributed by atoms with Gasteiger partial charge in [0.2, 0.25) is 0 Å². The van der Waals surface area contributed by atoms with Gasteiger partial charge < -0.3 is 15.0 Å². The normalized spacial score (nSPS) is 17.1. The van der Waals surface area contributed by atoms with Gasteiger partial charge in [-0.05, 0) is 31.0 Å². The van der Waals surface area contributed by atoms with Crippen LogP contribution in [0.3, 0.4) is 0 Å². The molecule has 0 saturated heterocycles. The number of allylic oxidation sites excluding steroid dienone is 1. The summed E-state index contributed by atoms with van der Waals surface area (Å²) in [6.07, 6.45) is 12.0. The highest BCUT2D eigenvalue weighted by Gasteiger charge is 2.11. The topological polar surface area (TPSA) is 49.8 Å². The molecule has 0 spiro atoms. The number of aromatic nitrogens is 1. The Morgan fingerprint density at radius 1 is 1.45 bits per heavy atom. The summed E-state index contributed by atoms with van der Waals surface area (Å²) in [5, 5.41) is 3.17. The second-order valence-electron chi connectivity index (χ2n) is 4.69. The zero-order valence-electron chi connectivity index (χ0n) is 12.9. The van der Waals surface area contributed by atoms with Crippen molar-refractivity contribution in [1.82, 2.24) is 15.2 Å². The second-order valence-corrected chi connectivity index (χ2v) is 4.69. The SMILES string of the molecule is C=CN(/C=C\CC)CCOC1C=NC(c2ccccn2)=CN1. The highest BCUT2D eigenvalue weighted by Crippen LogP contribution is 2.13. The first-order valence-electron chi connectivity index (χ1n) is 7.42. The Morgan fingerprint density at radius 3 is 3.00 bits per heavy atom. The summed E-state index contributed by atoms with van der Waals surface area (Å²) in [5.41, 5.74) is 1.64. The summed E-state index contributed by atoms with van der Waals surface area (Å²) < 4.78 is 5.73. The lowest BCUT2D eigenvalue weighted by molar-refractivity contribution is 0.0804. The number of hydrogen-bond donors (Lipinski definition) is 1. The molecule has 0 saturated carbocycles. The van der Waals surface area contributed by atoms with Crippen LogP contribution in [-0.4, -0.2) is 35.5 Å². The number of rotatable bonds is 8. The van der Waals surface area contributed by atoms with E-state index in [0.29, 0.717) is 6.61 Å². The number of nitrogens with one attached hydrogen (secondary N) is 1. The first-order chi connectivity index (χ1) is 10.8. The minimum absolute atomic E-state index is 0.214. The van der Waals surface area contributed by atoms with Crippen LogP contribution < -0.4 is 5.32 Å². The number of ether oxygens (including phenoxy) is 1. The molecule has 0 amide bonds. The molecule has 5 nitrogen and oxygen atoms in total. The summed E-state index contributed by atoms with van der Waals surface area (Å²) in [4.78, 5) is 10.6. The van der Waals surface area contributed by atoms with E-state index in [4.69, 9.17) is 4.74 Å². The van der Waals surface area contributed by atoms with Crippen LogP contribution in [0, 0.1) is 0 Å². The van der Waals surface area contributed by atoms with Crippen LogP contribution in [0.15, 0.2) is 60.6 Å². The van der Waals surface area contributed by atoms with Gasteiger partial charge in [-0.1, -0.05) is 25.6 Å². The van der Waals surface area contributed by atoms with Crippen LogP contribution in [0.5, 0.6) is 0 Å². The summed E-state index contributed by atoms with van der Waals surface area (Å²) in [5.74, 6) is 0. The lowest BCUT2D eigenvalue weighted by Crippen LogP contribution is -2.33. The molecule has 0 radical (unpaired) electrons. The van der Waals surface area contributed by atoms with Gasteiger partial charge in [0.25, 0.3) is 0 Å². The predicted molar refractivity (Wildman–Crippen MR) is 89.9 cm³/mol. The average molecular weight is 298 g/mol. The average Bonchev–Trinajstić information content (AvgIpc) is 2.59. The van der Waals surface area contributed by atoms with E-state index < -0.39 is 0 Å². The largest absolute Gasteiger partial charge is 0.360 e. The van der Waals surface area contributed by atoms with Crippen molar-refractivity contribution in [2.24, 2.45) is 4.99 Å². The van der Waals surface area contributed by atoms with E-state index in [1.54, 1.807) is 18.6 Å². The highest BCUT2D eigenvalue weighted by atomic mass is 16.5. The second kappa shape index (κ2) is 8.79. The standard InChI is InChI=1S/C17H22N4O/c1-3-5-10-21(4-2)11-12-22-17-14-19-16(13-20-17)15-8-6-7-9-18-15/h4-10,13-14,17,20H,2-3,11-12H2,1H3/b10-5-. The van der Waals surface area contributed by atoms with Gasteiger partial charge in [-0.2, -0.15) is 0 Å². The molecule has 2 rings (SSSR count). The Balaban J connectivity index is 1.76. The van der Waals surface area contributed by atoms with E-state index in [9.17, 15) is 0 Å². The molecule has 1 N–H and O–H groups in total. The van der Waals surface area contributed by atoms with Gasteiger partial charge in [0.15, 0.2) is 6.23 Å². The van der Waals surface area contributed by atoms with Crippen LogP contribution in [0.25, 0.3) is 5.70 Å². The number of nitrogens with zero attached hydrogens (tertiary/aromatic N) is 3. The molecule has 2 heterocycles. The first-order valence-corrected chi connectivity index (χ1v) is 7.42. The van der Waals surface area contributed by atoms with Gasteiger partial charge in [0.05, 0.1) is 18.5 Å². The molecule has 1 aromatic heterocycles. The minimum atomic E-state index is -0.214. The molecule has 0 aromatic carbocycles. The van der Waals surface area contributed by atoms with Crippen molar-refractivity contribution in [3.05, 3.63) is 61.3 Å². The fraction of sp³-hybridized carbons (Fsp3) is 0.294. The first kappa shape index (κ1) is 16.0. The van der Waals surface area contributed by atoms with Crippen molar-refractivity contribution in [3.8, 4) is 0 Å². The van der Waals surface area contributed by atoms with Crippen molar-refractivity contribution in [2.45, 2.75) is 19.6 Å². The van der Waals surface area contributed by atoms with Crippen LogP contribution in [0.2, 0.25) is 0 Å². The molecule has 22 heavy (non-hydrogen) atoms. The van der Waals surface area contributed by atoms with E-state index >= 15 is 0 Å². The summed E-state index contributed by atoms with van der Waals surface area (Å²) in [7, 11) is 0. The van der Waals surface area contributed by atoms with Crippen molar-refractivity contribution in [1.29, 1.82) is 0 Å². The lowest BCUT2D eigenvalue weighted by Gasteiger charge is -2.20. The predicted octanol–water partition coefficient (Wildman–Crippen LogP) is 2.77. The van der Waals surface area contributed by atoms with Gasteiger partial charge >= 0.3 is 0 Å². The summed E-state index contributed by atoms with van der Waals surface area (Å²) in [6.45, 7) is 7.22. The van der Waals surface area contributed by atoms with Gasteiger partial charge in [-0.25, -0.2) is 0 Å². The molecule has 0 fully saturated rings. The van der Waals surface area contributed by atoms with E-state index in [0.717, 1.165) is 24.4 Å². The van der Waals surface area contributed by atoms with Crippen LogP contribution >= 0.6 is 0 Å². The molecule has 1 aromatic rings. The molecule has 1 aliphatic rings. The molecular weight excluding hydrogens is 276 g/mol. The van der Waals surface area contributed by atoms with Crippen molar-refractivity contribution >= 4 is 11.9 Å². The molecule has 116 valence electrons. The zero-order valence-corrected chi connectivity index (χ0v) is 12.9. The van der Waals surface area contributed by atoms with Crippen molar-refractivity contribution < 1.29 is 4.74 Å². The monoisotopic (exact) mass is 298 g/mol. The fourth-order valence-electron chi connectivity index (χ4n) is 1.89. The van der Waals surface area contributed by atoms with Crippen LogP contribution in [0.1, 0.15) is 19.0 Å². The Hall–Kier alpha value is -2.40. The third-order valence-corrected chi connectivity index (χ3v) is 3.07. The van der Waals surface area contributed by atoms with E-state index in [1.165, 1.54) is 0 Å². The number of pyridine rings is 1. The smallest absolute Gasteiger partial charge is 0.163 e. The van der Waals surface area contributed by atoms with E-state index in [1.807, 2.05) is 35.5 Å². The maximum absolute atomic E-state index is 5.73. The quantitative estimate of drug-likeness (QED) is 0.802. The van der Waals surface area contributed by atoms with Gasteiger partial charge in [0, 0.05) is 18.9 Å². The molecule has 1 aliphatic heterocycles. The summed E-state index contributed by atoms with van der Waals surface area (Å²) in [6, 6.07) is 5.75.